The maximum absolute atomic E-state index is 9.97. The molecule has 0 saturated heterocycles. The van der Waals surface area contributed by atoms with Crippen molar-refractivity contribution in [1.82, 2.24) is 4.90 Å². The van der Waals surface area contributed by atoms with Gasteiger partial charge >= 0.3 is 0 Å². The van der Waals surface area contributed by atoms with Gasteiger partial charge in [0.2, 0.25) is 0 Å². The summed E-state index contributed by atoms with van der Waals surface area (Å²) in [6.07, 6.45) is 3.86. The second kappa shape index (κ2) is 6.50. The van der Waals surface area contributed by atoms with Gasteiger partial charge in [-0.15, -0.1) is 0 Å². The molecule has 0 aromatic heterocycles. The first-order valence-corrected chi connectivity index (χ1v) is 8.49. The van der Waals surface area contributed by atoms with Gasteiger partial charge in [0, 0.05) is 19.6 Å². The number of aliphatic hydroxyl groups is 1. The average molecular weight is 289 g/mol. The second-order valence-corrected chi connectivity index (χ2v) is 7.02. The van der Waals surface area contributed by atoms with Gasteiger partial charge in [-0.05, 0) is 68.2 Å². The van der Waals surface area contributed by atoms with Gasteiger partial charge in [-0.1, -0.05) is 26.0 Å². The second-order valence-electron chi connectivity index (χ2n) is 7.02. The van der Waals surface area contributed by atoms with Crippen molar-refractivity contribution in [3.05, 3.63) is 34.4 Å². The molecule has 0 atom stereocenters. The third-order valence-electron chi connectivity index (χ3n) is 4.31. The number of β-amino-alcohol motifs (C(OH)–C–C–N with tert-alkyl or cyclic N) is 1. The fraction of sp³-hybridized carbons (Fsp3) is 0.684. The summed E-state index contributed by atoms with van der Waals surface area (Å²) in [6.45, 7) is 12.9. The minimum atomic E-state index is -0.596. The molecule has 1 aliphatic heterocycles. The predicted molar refractivity (Wildman–Crippen MR) is 89.8 cm³/mol. The van der Waals surface area contributed by atoms with Crippen LogP contribution in [0.25, 0.3) is 0 Å². The molecule has 3 rings (SSSR count). The van der Waals surface area contributed by atoms with Crippen LogP contribution in [0.4, 0.5) is 0 Å². The van der Waals surface area contributed by atoms with E-state index in [1.807, 2.05) is 27.7 Å². The molecule has 1 fully saturated rings. The summed E-state index contributed by atoms with van der Waals surface area (Å²) in [7, 11) is 0. The Hall–Kier alpha value is -0.860. The van der Waals surface area contributed by atoms with Crippen LogP contribution in [0, 0.1) is 6.92 Å². The molecule has 0 radical (unpaired) electrons. The number of aryl methyl sites for hydroxylation is 1. The van der Waals surface area contributed by atoms with Gasteiger partial charge in [-0.2, -0.15) is 0 Å². The Kier molecular flexibility index (Phi) is 5.11. The quantitative estimate of drug-likeness (QED) is 0.908. The Labute approximate surface area is 130 Å². The number of rotatable bonds is 3. The summed E-state index contributed by atoms with van der Waals surface area (Å²) in [5.41, 5.74) is 5.47. The first kappa shape index (κ1) is 16.5. The van der Waals surface area contributed by atoms with E-state index in [9.17, 15) is 5.11 Å². The van der Waals surface area contributed by atoms with E-state index in [1.165, 1.54) is 29.5 Å². The molecular weight excluding hydrogens is 258 g/mol. The lowest BCUT2D eigenvalue weighted by Gasteiger charge is -2.33. The summed E-state index contributed by atoms with van der Waals surface area (Å²) in [4.78, 5) is 2.38. The largest absolute Gasteiger partial charge is 0.389 e. The molecule has 1 N–H and O–H groups in total. The van der Waals surface area contributed by atoms with Crippen LogP contribution in [0.2, 0.25) is 0 Å². The molecule has 0 amide bonds. The van der Waals surface area contributed by atoms with Crippen molar-refractivity contribution in [2.75, 3.05) is 13.1 Å². The van der Waals surface area contributed by atoms with Gasteiger partial charge in [0.05, 0.1) is 5.60 Å². The molecule has 1 aliphatic carbocycles. The van der Waals surface area contributed by atoms with E-state index in [4.69, 9.17) is 0 Å². The zero-order valence-electron chi connectivity index (χ0n) is 14.4. The van der Waals surface area contributed by atoms with E-state index in [0.29, 0.717) is 0 Å². The van der Waals surface area contributed by atoms with Crippen molar-refractivity contribution in [3.63, 3.8) is 0 Å². The lowest BCUT2D eigenvalue weighted by molar-refractivity contribution is 0.0317. The smallest absolute Gasteiger partial charge is 0.0718 e. The lowest BCUT2D eigenvalue weighted by Crippen LogP contribution is -2.41. The molecular formula is C19H31NO. The van der Waals surface area contributed by atoms with Crippen LogP contribution in [0.3, 0.4) is 0 Å². The van der Waals surface area contributed by atoms with Crippen molar-refractivity contribution >= 4 is 0 Å². The summed E-state index contributed by atoms with van der Waals surface area (Å²) in [6, 6.07) is 4.85. The standard InChI is InChI=1S/C17H25NO.C2H6/c1-12-8-14-6-7-18(11-17(2,3)19)10-15(14)9-16(12)13-4-5-13;1-2/h8-9,13,19H,4-7,10-11H2,1-3H3;1-2H3. The SMILES string of the molecule is CC.Cc1cc2c(cc1C1CC1)CN(CC(C)(C)O)CC2. The Bertz CT molecular complexity index is 483. The van der Waals surface area contributed by atoms with E-state index in [-0.39, 0.29) is 0 Å². The van der Waals surface area contributed by atoms with Crippen LogP contribution >= 0.6 is 0 Å². The maximum atomic E-state index is 9.97. The van der Waals surface area contributed by atoms with Crippen LogP contribution in [0.5, 0.6) is 0 Å². The van der Waals surface area contributed by atoms with Crippen LogP contribution in [-0.4, -0.2) is 28.7 Å². The van der Waals surface area contributed by atoms with Gasteiger partial charge in [-0.25, -0.2) is 0 Å². The number of nitrogens with zero attached hydrogens (tertiary/aromatic N) is 1. The van der Waals surface area contributed by atoms with Crippen LogP contribution in [-0.2, 0) is 13.0 Å². The topological polar surface area (TPSA) is 23.5 Å². The third-order valence-corrected chi connectivity index (χ3v) is 4.31. The number of hydrogen-bond acceptors (Lipinski definition) is 2. The number of benzene rings is 1. The summed E-state index contributed by atoms with van der Waals surface area (Å²) in [5.74, 6) is 0.829. The van der Waals surface area contributed by atoms with E-state index < -0.39 is 5.60 Å². The van der Waals surface area contributed by atoms with Gasteiger partial charge in [-0.3, -0.25) is 4.90 Å². The molecule has 21 heavy (non-hydrogen) atoms. The van der Waals surface area contributed by atoms with Crippen molar-refractivity contribution in [2.24, 2.45) is 0 Å². The molecule has 1 aromatic rings. The summed E-state index contributed by atoms with van der Waals surface area (Å²) < 4.78 is 0. The zero-order valence-corrected chi connectivity index (χ0v) is 14.4. The van der Waals surface area contributed by atoms with Crippen LogP contribution < -0.4 is 0 Å². The Morgan fingerprint density at radius 2 is 1.86 bits per heavy atom. The van der Waals surface area contributed by atoms with E-state index in [1.54, 1.807) is 5.56 Å². The van der Waals surface area contributed by atoms with Gasteiger partial charge in [0.15, 0.2) is 0 Å². The van der Waals surface area contributed by atoms with Gasteiger partial charge < -0.3 is 5.11 Å². The minimum Gasteiger partial charge on any atom is -0.389 e. The minimum absolute atomic E-state index is 0.596. The van der Waals surface area contributed by atoms with Gasteiger partial charge in [0.25, 0.3) is 0 Å². The molecule has 0 unspecified atom stereocenters. The van der Waals surface area contributed by atoms with E-state index in [2.05, 4.69) is 24.0 Å². The van der Waals surface area contributed by atoms with Crippen molar-refractivity contribution in [1.29, 1.82) is 0 Å². The van der Waals surface area contributed by atoms with E-state index in [0.717, 1.165) is 32.0 Å². The molecule has 2 aliphatic rings. The Morgan fingerprint density at radius 3 is 2.43 bits per heavy atom. The van der Waals surface area contributed by atoms with Crippen molar-refractivity contribution < 1.29 is 5.11 Å². The maximum Gasteiger partial charge on any atom is 0.0718 e. The number of fused-ring (bicyclic) bond motifs is 1. The fourth-order valence-corrected chi connectivity index (χ4v) is 3.33. The highest BCUT2D eigenvalue weighted by Crippen LogP contribution is 2.42. The molecule has 1 saturated carbocycles. The Morgan fingerprint density at radius 1 is 1.19 bits per heavy atom. The van der Waals surface area contributed by atoms with Gasteiger partial charge in [0.1, 0.15) is 0 Å². The predicted octanol–water partition coefficient (Wildman–Crippen LogP) is 4.03. The monoisotopic (exact) mass is 289 g/mol. The van der Waals surface area contributed by atoms with Crippen molar-refractivity contribution in [2.45, 2.75) is 71.9 Å². The highest BCUT2D eigenvalue weighted by Gasteiger charge is 2.28. The van der Waals surface area contributed by atoms with E-state index >= 15 is 0 Å². The molecule has 118 valence electrons. The molecule has 0 bridgehead atoms. The first-order valence-electron chi connectivity index (χ1n) is 8.49. The lowest BCUT2D eigenvalue weighted by atomic mass is 9.92. The molecule has 2 nitrogen and oxygen atoms in total. The van der Waals surface area contributed by atoms with Crippen LogP contribution in [0.15, 0.2) is 12.1 Å². The average Bonchev–Trinajstić information content (AvgIpc) is 3.23. The summed E-state index contributed by atoms with van der Waals surface area (Å²) >= 11 is 0. The van der Waals surface area contributed by atoms with Crippen LogP contribution in [0.1, 0.15) is 68.7 Å². The zero-order chi connectivity index (χ0) is 15.6. The molecule has 0 spiro atoms. The fourth-order valence-electron chi connectivity index (χ4n) is 3.33. The molecule has 2 heteroatoms. The third kappa shape index (κ3) is 4.31. The Balaban J connectivity index is 0.000000774. The highest BCUT2D eigenvalue weighted by atomic mass is 16.3. The normalized spacial score (nSPS) is 18.8. The van der Waals surface area contributed by atoms with Crippen molar-refractivity contribution in [3.8, 4) is 0 Å². The summed E-state index contributed by atoms with van der Waals surface area (Å²) in [5, 5.41) is 9.97. The molecule has 1 aromatic carbocycles. The number of hydrogen-bond donors (Lipinski definition) is 1. The first-order chi connectivity index (χ1) is 9.92. The highest BCUT2D eigenvalue weighted by molar-refractivity contribution is 5.42. The molecule has 1 heterocycles.